The predicted molar refractivity (Wildman–Crippen MR) is 65.4 cm³/mol. The van der Waals surface area contributed by atoms with Crippen molar-refractivity contribution in [2.24, 2.45) is 0 Å². The summed E-state index contributed by atoms with van der Waals surface area (Å²) in [5.41, 5.74) is -0.632. The molecule has 0 unspecified atom stereocenters. The first-order valence-corrected chi connectivity index (χ1v) is 6.31. The Balaban J connectivity index is 2.62. The molecule has 1 aromatic rings. The maximum Gasteiger partial charge on any atom is 0.397 e. The van der Waals surface area contributed by atoms with Gasteiger partial charge in [0.25, 0.3) is 0 Å². The Labute approximate surface area is 115 Å². The smallest absolute Gasteiger partial charge is 0.397 e. The van der Waals surface area contributed by atoms with Gasteiger partial charge in [-0.05, 0) is 18.2 Å². The average molecular weight is 311 g/mol. The zero-order valence-electron chi connectivity index (χ0n) is 9.83. The fourth-order valence-corrected chi connectivity index (χ4v) is 1.79. The Morgan fingerprint density at radius 1 is 1.30 bits per heavy atom. The number of amides is 1. The first-order chi connectivity index (χ1) is 9.19. The minimum absolute atomic E-state index is 0.246. The van der Waals surface area contributed by atoms with Gasteiger partial charge in [0, 0.05) is 0 Å². The van der Waals surface area contributed by atoms with Gasteiger partial charge < -0.3 is 10.4 Å². The number of alkyl halides is 3. The lowest BCUT2D eigenvalue weighted by Crippen LogP contribution is -2.18. The molecule has 0 radical (unpaired) electrons. The normalized spacial score (nSPS) is 11.2. The SMILES string of the molecule is O=C(CSCC(F)(F)F)Nc1cc(C(=O)O)ccc1F. The van der Waals surface area contributed by atoms with Crippen LogP contribution < -0.4 is 5.32 Å². The van der Waals surface area contributed by atoms with Crippen LogP contribution in [0.15, 0.2) is 18.2 Å². The van der Waals surface area contributed by atoms with Gasteiger partial charge in [0.05, 0.1) is 22.8 Å². The number of aromatic carboxylic acids is 1. The Morgan fingerprint density at radius 2 is 1.95 bits per heavy atom. The van der Waals surface area contributed by atoms with Crippen molar-refractivity contribution in [2.45, 2.75) is 6.18 Å². The molecule has 0 fully saturated rings. The van der Waals surface area contributed by atoms with E-state index in [1.807, 2.05) is 5.32 Å². The van der Waals surface area contributed by atoms with Crippen LogP contribution in [-0.2, 0) is 4.79 Å². The van der Waals surface area contributed by atoms with Crippen molar-refractivity contribution in [2.75, 3.05) is 16.8 Å². The number of thioether (sulfide) groups is 1. The molecule has 0 heterocycles. The highest BCUT2D eigenvalue weighted by atomic mass is 32.2. The second-order valence-electron chi connectivity index (χ2n) is 3.66. The Hall–Kier alpha value is -1.77. The lowest BCUT2D eigenvalue weighted by atomic mass is 10.2. The second-order valence-corrected chi connectivity index (χ2v) is 4.64. The minimum atomic E-state index is -4.39. The molecule has 1 amide bonds. The zero-order chi connectivity index (χ0) is 15.3. The van der Waals surface area contributed by atoms with Crippen molar-refractivity contribution in [3.05, 3.63) is 29.6 Å². The fourth-order valence-electron chi connectivity index (χ4n) is 1.20. The lowest BCUT2D eigenvalue weighted by molar-refractivity contribution is -0.113. The van der Waals surface area contributed by atoms with Gasteiger partial charge in [-0.2, -0.15) is 13.2 Å². The summed E-state index contributed by atoms with van der Waals surface area (Å²) in [6, 6.07) is 2.75. The molecule has 0 atom stereocenters. The highest BCUT2D eigenvalue weighted by Crippen LogP contribution is 2.21. The molecule has 0 aliphatic carbocycles. The quantitative estimate of drug-likeness (QED) is 0.821. The van der Waals surface area contributed by atoms with Gasteiger partial charge in [-0.25, -0.2) is 9.18 Å². The van der Waals surface area contributed by atoms with E-state index in [1.165, 1.54) is 0 Å². The summed E-state index contributed by atoms with van der Waals surface area (Å²) in [6.45, 7) is 0. The van der Waals surface area contributed by atoms with Gasteiger partial charge in [0.2, 0.25) is 5.91 Å². The number of carbonyl (C=O) groups is 2. The molecule has 0 spiro atoms. The van der Waals surface area contributed by atoms with E-state index in [9.17, 15) is 27.2 Å². The molecule has 110 valence electrons. The van der Waals surface area contributed by atoms with Crippen LogP contribution in [0.2, 0.25) is 0 Å². The molecule has 0 saturated heterocycles. The minimum Gasteiger partial charge on any atom is -0.478 e. The van der Waals surface area contributed by atoms with E-state index in [1.54, 1.807) is 0 Å². The molecule has 9 heteroatoms. The van der Waals surface area contributed by atoms with Crippen molar-refractivity contribution in [3.63, 3.8) is 0 Å². The zero-order valence-corrected chi connectivity index (χ0v) is 10.6. The van der Waals surface area contributed by atoms with Crippen LogP contribution in [-0.4, -0.2) is 34.7 Å². The maximum atomic E-state index is 13.3. The lowest BCUT2D eigenvalue weighted by Gasteiger charge is -2.08. The van der Waals surface area contributed by atoms with Crippen molar-refractivity contribution < 1.29 is 32.3 Å². The molecule has 1 aromatic carbocycles. The molecule has 0 aromatic heterocycles. The fraction of sp³-hybridized carbons (Fsp3) is 0.273. The van der Waals surface area contributed by atoms with Crippen LogP contribution in [0, 0.1) is 5.82 Å². The van der Waals surface area contributed by atoms with Crippen molar-refractivity contribution in [1.29, 1.82) is 0 Å². The summed E-state index contributed by atoms with van der Waals surface area (Å²) in [6.07, 6.45) is -4.39. The molecular weight excluding hydrogens is 302 g/mol. The van der Waals surface area contributed by atoms with Crippen LogP contribution in [0.1, 0.15) is 10.4 Å². The summed E-state index contributed by atoms with van der Waals surface area (Å²) in [5, 5.41) is 10.7. The summed E-state index contributed by atoms with van der Waals surface area (Å²) in [4.78, 5) is 22.0. The Morgan fingerprint density at radius 3 is 2.50 bits per heavy atom. The predicted octanol–water partition coefficient (Wildman–Crippen LogP) is 2.76. The molecule has 20 heavy (non-hydrogen) atoms. The number of carboxylic acid groups (broad SMARTS) is 1. The van der Waals surface area contributed by atoms with E-state index < -0.39 is 35.4 Å². The number of hydrogen-bond donors (Lipinski definition) is 2. The van der Waals surface area contributed by atoms with E-state index in [0.717, 1.165) is 18.2 Å². The second kappa shape index (κ2) is 6.60. The summed E-state index contributed by atoms with van der Waals surface area (Å²) < 4.78 is 48.9. The third-order valence-corrected chi connectivity index (χ3v) is 2.98. The largest absolute Gasteiger partial charge is 0.478 e. The van der Waals surface area contributed by atoms with E-state index in [2.05, 4.69) is 0 Å². The van der Waals surface area contributed by atoms with Gasteiger partial charge in [-0.15, -0.1) is 11.8 Å². The summed E-state index contributed by atoms with van der Waals surface area (Å²) >= 11 is 0.328. The number of rotatable bonds is 5. The van der Waals surface area contributed by atoms with Crippen molar-refractivity contribution >= 4 is 29.3 Å². The van der Waals surface area contributed by atoms with Gasteiger partial charge in [-0.1, -0.05) is 0 Å². The average Bonchev–Trinajstić information content (AvgIpc) is 2.30. The molecule has 0 aliphatic heterocycles. The number of nitrogens with one attached hydrogen (secondary N) is 1. The first-order valence-electron chi connectivity index (χ1n) is 5.16. The molecule has 4 nitrogen and oxygen atoms in total. The Kier molecular flexibility index (Phi) is 5.37. The third kappa shape index (κ3) is 5.47. The van der Waals surface area contributed by atoms with Crippen LogP contribution in [0.3, 0.4) is 0 Å². The maximum absolute atomic E-state index is 13.3. The summed E-state index contributed by atoms with van der Waals surface area (Å²) in [7, 11) is 0. The molecular formula is C11H9F4NO3S. The highest BCUT2D eigenvalue weighted by Gasteiger charge is 2.27. The number of anilines is 1. The number of hydrogen-bond acceptors (Lipinski definition) is 3. The number of carboxylic acids is 1. The van der Waals surface area contributed by atoms with Crippen LogP contribution >= 0.6 is 11.8 Å². The third-order valence-electron chi connectivity index (χ3n) is 1.99. The topological polar surface area (TPSA) is 66.4 Å². The van der Waals surface area contributed by atoms with Gasteiger partial charge in [-0.3, -0.25) is 4.79 Å². The monoisotopic (exact) mass is 311 g/mol. The van der Waals surface area contributed by atoms with E-state index in [4.69, 9.17) is 5.11 Å². The van der Waals surface area contributed by atoms with Crippen LogP contribution in [0.5, 0.6) is 0 Å². The standard InChI is InChI=1S/C11H9F4NO3S/c12-7-2-1-6(10(18)19)3-8(7)16-9(17)4-20-5-11(13,14)15/h1-3H,4-5H2,(H,16,17)(H,18,19). The van der Waals surface area contributed by atoms with Gasteiger partial charge >= 0.3 is 12.1 Å². The molecule has 2 N–H and O–H groups in total. The van der Waals surface area contributed by atoms with E-state index in [0.29, 0.717) is 11.8 Å². The molecule has 0 aliphatic rings. The first kappa shape index (κ1) is 16.3. The highest BCUT2D eigenvalue weighted by molar-refractivity contribution is 8.00. The van der Waals surface area contributed by atoms with Crippen molar-refractivity contribution in [1.82, 2.24) is 0 Å². The molecule has 0 bridgehead atoms. The molecule has 0 saturated carbocycles. The van der Waals surface area contributed by atoms with Crippen molar-refractivity contribution in [3.8, 4) is 0 Å². The van der Waals surface area contributed by atoms with E-state index >= 15 is 0 Å². The number of benzene rings is 1. The van der Waals surface area contributed by atoms with E-state index in [-0.39, 0.29) is 11.3 Å². The van der Waals surface area contributed by atoms with Crippen LogP contribution in [0.4, 0.5) is 23.2 Å². The Bertz CT molecular complexity index is 519. The van der Waals surface area contributed by atoms with Gasteiger partial charge in [0.1, 0.15) is 5.82 Å². The molecule has 1 rings (SSSR count). The van der Waals surface area contributed by atoms with Gasteiger partial charge in [0.15, 0.2) is 0 Å². The number of halogens is 4. The van der Waals surface area contributed by atoms with Crippen LogP contribution in [0.25, 0.3) is 0 Å². The number of carbonyl (C=O) groups excluding carboxylic acids is 1. The summed E-state index contributed by atoms with van der Waals surface area (Å²) in [5.74, 6) is -4.74.